The van der Waals surface area contributed by atoms with Gasteiger partial charge in [0.2, 0.25) is 5.65 Å². The predicted octanol–water partition coefficient (Wildman–Crippen LogP) is 0.803. The van der Waals surface area contributed by atoms with Crippen LogP contribution in [0.2, 0.25) is 0 Å². The molecule has 0 radical (unpaired) electrons. The Kier molecular flexibility index (Phi) is 3.49. The van der Waals surface area contributed by atoms with Crippen LogP contribution in [-0.4, -0.2) is 56.0 Å². The Labute approximate surface area is 133 Å². The van der Waals surface area contributed by atoms with E-state index in [0.717, 1.165) is 55.4 Å². The molecule has 118 valence electrons. The molecule has 8 nitrogen and oxygen atoms in total. The fourth-order valence-electron chi connectivity index (χ4n) is 2.90. The molecule has 1 aliphatic rings. The molecule has 4 heterocycles. The number of piperazine rings is 1. The highest BCUT2D eigenvalue weighted by Crippen LogP contribution is 2.23. The minimum atomic E-state index is 0.815. The number of aryl methyl sites for hydroxylation is 1. The highest BCUT2D eigenvalue weighted by Gasteiger charge is 2.21. The van der Waals surface area contributed by atoms with Crippen molar-refractivity contribution >= 4 is 17.2 Å². The van der Waals surface area contributed by atoms with Crippen LogP contribution in [0.3, 0.4) is 0 Å². The molecule has 4 rings (SSSR count). The monoisotopic (exact) mass is 310 g/mol. The van der Waals surface area contributed by atoms with Crippen LogP contribution in [0.1, 0.15) is 12.6 Å². The second-order valence-electron chi connectivity index (χ2n) is 5.51. The molecule has 23 heavy (non-hydrogen) atoms. The van der Waals surface area contributed by atoms with E-state index >= 15 is 0 Å². The third-order valence-electron chi connectivity index (χ3n) is 4.16. The van der Waals surface area contributed by atoms with E-state index in [4.69, 9.17) is 0 Å². The summed E-state index contributed by atoms with van der Waals surface area (Å²) in [7, 11) is 0. The third kappa shape index (κ3) is 2.56. The Morgan fingerprint density at radius 3 is 2.65 bits per heavy atom. The maximum absolute atomic E-state index is 4.51. The summed E-state index contributed by atoms with van der Waals surface area (Å²) >= 11 is 0. The molecule has 0 amide bonds. The zero-order chi connectivity index (χ0) is 15.6. The van der Waals surface area contributed by atoms with Gasteiger partial charge in [-0.2, -0.15) is 9.61 Å². The van der Waals surface area contributed by atoms with Crippen LogP contribution >= 0.6 is 0 Å². The number of nitrogens with zero attached hydrogens (tertiary/aromatic N) is 8. The Bertz CT molecular complexity index is 792. The lowest BCUT2D eigenvalue weighted by molar-refractivity contribution is 0.644. The lowest BCUT2D eigenvalue weighted by atomic mass is 10.2. The number of fused-ring (bicyclic) bond motifs is 1. The molecule has 3 aromatic heterocycles. The molecule has 0 aromatic carbocycles. The molecular weight excluding hydrogens is 292 g/mol. The Morgan fingerprint density at radius 2 is 1.91 bits per heavy atom. The van der Waals surface area contributed by atoms with Crippen LogP contribution in [-0.2, 0) is 6.42 Å². The number of hydrogen-bond acceptors (Lipinski definition) is 7. The van der Waals surface area contributed by atoms with E-state index in [2.05, 4.69) is 48.1 Å². The molecule has 1 aliphatic heterocycles. The fraction of sp³-hybridized carbons (Fsp3) is 0.400. The minimum absolute atomic E-state index is 0.815. The molecule has 1 fully saturated rings. The zero-order valence-corrected chi connectivity index (χ0v) is 13.0. The van der Waals surface area contributed by atoms with E-state index in [1.54, 1.807) is 23.2 Å². The number of aromatic nitrogens is 6. The Morgan fingerprint density at radius 1 is 1.09 bits per heavy atom. The van der Waals surface area contributed by atoms with E-state index in [-0.39, 0.29) is 0 Å². The highest BCUT2D eigenvalue weighted by molar-refractivity contribution is 5.68. The standard InChI is InChI=1S/C15H18N8/c1-2-12-9-13(15-19-18-11-23(15)20-12)21-5-7-22(8-6-21)14-10-16-3-4-17-14/h3-4,9-11H,2,5-8H2,1H3. The first-order valence-electron chi connectivity index (χ1n) is 7.81. The van der Waals surface area contributed by atoms with Crippen LogP contribution < -0.4 is 9.80 Å². The smallest absolute Gasteiger partial charge is 0.200 e. The summed E-state index contributed by atoms with van der Waals surface area (Å²) in [5.41, 5.74) is 2.96. The second kappa shape index (κ2) is 5.79. The van der Waals surface area contributed by atoms with E-state index in [0.29, 0.717) is 0 Å². The SMILES string of the molecule is CCc1cc(N2CCN(c3cnccn3)CC2)c2nncn2n1. The van der Waals surface area contributed by atoms with Gasteiger partial charge in [-0.3, -0.25) is 4.98 Å². The largest absolute Gasteiger partial charge is 0.365 e. The maximum atomic E-state index is 4.51. The van der Waals surface area contributed by atoms with Crippen molar-refractivity contribution in [3.05, 3.63) is 36.7 Å². The van der Waals surface area contributed by atoms with Crippen molar-refractivity contribution in [3.63, 3.8) is 0 Å². The van der Waals surface area contributed by atoms with Gasteiger partial charge in [-0.25, -0.2) is 4.98 Å². The van der Waals surface area contributed by atoms with E-state index < -0.39 is 0 Å². The summed E-state index contributed by atoms with van der Waals surface area (Å²) in [6.45, 7) is 5.73. The molecule has 1 saturated heterocycles. The molecule has 0 bridgehead atoms. The third-order valence-corrected chi connectivity index (χ3v) is 4.16. The van der Waals surface area contributed by atoms with Crippen LogP contribution in [0.25, 0.3) is 5.65 Å². The molecule has 0 aliphatic carbocycles. The average molecular weight is 310 g/mol. The highest BCUT2D eigenvalue weighted by atomic mass is 15.4. The van der Waals surface area contributed by atoms with Gasteiger partial charge in [-0.15, -0.1) is 10.2 Å². The molecule has 0 saturated carbocycles. The van der Waals surface area contributed by atoms with Crippen LogP contribution in [0.15, 0.2) is 31.0 Å². The summed E-state index contributed by atoms with van der Waals surface area (Å²) in [6.07, 6.45) is 7.80. The summed E-state index contributed by atoms with van der Waals surface area (Å²) in [6, 6.07) is 2.13. The van der Waals surface area contributed by atoms with Crippen molar-refractivity contribution in [2.45, 2.75) is 13.3 Å². The minimum Gasteiger partial charge on any atom is -0.365 e. The summed E-state index contributed by atoms with van der Waals surface area (Å²) in [5, 5.41) is 12.7. The maximum Gasteiger partial charge on any atom is 0.200 e. The number of rotatable bonds is 3. The zero-order valence-electron chi connectivity index (χ0n) is 13.0. The average Bonchev–Trinajstić information content (AvgIpc) is 3.10. The van der Waals surface area contributed by atoms with Crippen LogP contribution in [0.5, 0.6) is 0 Å². The summed E-state index contributed by atoms with van der Waals surface area (Å²) in [5.74, 6) is 0.934. The van der Waals surface area contributed by atoms with Gasteiger partial charge in [-0.1, -0.05) is 6.92 Å². The molecular formula is C15H18N8. The first-order chi connectivity index (χ1) is 11.3. The second-order valence-corrected chi connectivity index (χ2v) is 5.51. The molecule has 8 heteroatoms. The molecule has 0 spiro atoms. The molecule has 0 unspecified atom stereocenters. The Hall–Kier alpha value is -2.77. The van der Waals surface area contributed by atoms with E-state index in [1.807, 2.05) is 6.20 Å². The van der Waals surface area contributed by atoms with Gasteiger partial charge in [0.15, 0.2) is 0 Å². The number of anilines is 2. The number of hydrogen-bond donors (Lipinski definition) is 0. The van der Waals surface area contributed by atoms with Gasteiger partial charge in [0.1, 0.15) is 12.1 Å². The first kappa shape index (κ1) is 13.9. The van der Waals surface area contributed by atoms with Gasteiger partial charge >= 0.3 is 0 Å². The van der Waals surface area contributed by atoms with Gasteiger partial charge < -0.3 is 9.80 Å². The van der Waals surface area contributed by atoms with Crippen molar-refractivity contribution in [1.29, 1.82) is 0 Å². The van der Waals surface area contributed by atoms with Crippen molar-refractivity contribution in [3.8, 4) is 0 Å². The predicted molar refractivity (Wildman–Crippen MR) is 86.6 cm³/mol. The lowest BCUT2D eigenvalue weighted by Crippen LogP contribution is -2.47. The molecule has 0 atom stereocenters. The topological polar surface area (TPSA) is 75.3 Å². The van der Waals surface area contributed by atoms with Crippen LogP contribution in [0, 0.1) is 0 Å². The van der Waals surface area contributed by atoms with E-state index in [9.17, 15) is 0 Å². The van der Waals surface area contributed by atoms with Crippen molar-refractivity contribution in [2.75, 3.05) is 36.0 Å². The van der Waals surface area contributed by atoms with Crippen molar-refractivity contribution < 1.29 is 0 Å². The van der Waals surface area contributed by atoms with Crippen LogP contribution in [0.4, 0.5) is 11.5 Å². The van der Waals surface area contributed by atoms with Gasteiger partial charge in [0, 0.05) is 38.6 Å². The van der Waals surface area contributed by atoms with E-state index in [1.165, 1.54) is 0 Å². The van der Waals surface area contributed by atoms with Gasteiger partial charge in [0.25, 0.3) is 0 Å². The summed E-state index contributed by atoms with van der Waals surface area (Å²) in [4.78, 5) is 13.1. The summed E-state index contributed by atoms with van der Waals surface area (Å²) < 4.78 is 1.77. The van der Waals surface area contributed by atoms with Gasteiger partial charge in [0.05, 0.1) is 17.6 Å². The normalized spacial score (nSPS) is 15.3. The quantitative estimate of drug-likeness (QED) is 0.708. The first-order valence-corrected chi connectivity index (χ1v) is 7.81. The molecule has 0 N–H and O–H groups in total. The molecule has 3 aromatic rings. The fourth-order valence-corrected chi connectivity index (χ4v) is 2.90. The lowest BCUT2D eigenvalue weighted by Gasteiger charge is -2.36. The van der Waals surface area contributed by atoms with Gasteiger partial charge in [-0.05, 0) is 12.5 Å². The Balaban J connectivity index is 1.58. The van der Waals surface area contributed by atoms with Crippen molar-refractivity contribution in [2.24, 2.45) is 0 Å². The van der Waals surface area contributed by atoms with Crippen molar-refractivity contribution in [1.82, 2.24) is 29.8 Å².